The number of carboxylic acid groups (broad SMARTS) is 1. The lowest BCUT2D eigenvalue weighted by Crippen LogP contribution is -2.44. The molecule has 4 nitrogen and oxygen atoms in total. The number of benzene rings is 1. The van der Waals surface area contributed by atoms with E-state index in [0.29, 0.717) is 12.0 Å². The van der Waals surface area contributed by atoms with Gasteiger partial charge in [0.05, 0.1) is 0 Å². The second-order valence-electron chi connectivity index (χ2n) is 5.65. The monoisotopic (exact) mass is 341 g/mol. The van der Waals surface area contributed by atoms with Gasteiger partial charge in [-0.1, -0.05) is 15.9 Å². The Hall–Kier alpha value is -1.36. The van der Waals surface area contributed by atoms with Crippen LogP contribution < -0.4 is 5.32 Å². The molecule has 1 aromatic carbocycles. The van der Waals surface area contributed by atoms with E-state index >= 15 is 0 Å². The molecule has 0 saturated carbocycles. The number of rotatable bonds is 5. The van der Waals surface area contributed by atoms with E-state index in [0.717, 1.165) is 15.6 Å². The van der Waals surface area contributed by atoms with Crippen LogP contribution in [0.4, 0.5) is 0 Å². The highest BCUT2D eigenvalue weighted by Crippen LogP contribution is 2.22. The van der Waals surface area contributed by atoms with Crippen LogP contribution in [0, 0.1) is 13.8 Å². The number of amides is 1. The first-order valence-electron chi connectivity index (χ1n) is 6.43. The fourth-order valence-electron chi connectivity index (χ4n) is 1.88. The lowest BCUT2D eigenvalue weighted by molar-refractivity contribution is -0.137. The maximum absolute atomic E-state index is 12.3. The molecule has 110 valence electrons. The molecule has 0 aliphatic heterocycles. The van der Waals surface area contributed by atoms with Gasteiger partial charge in [-0.05, 0) is 57.4 Å². The predicted molar refractivity (Wildman–Crippen MR) is 82.0 cm³/mol. The highest BCUT2D eigenvalue weighted by Gasteiger charge is 2.23. The SMILES string of the molecule is Cc1cc(C(=O)NC(C)(C)CCC(=O)O)c(C)cc1Br. The Morgan fingerprint density at radius 3 is 2.40 bits per heavy atom. The van der Waals surface area contributed by atoms with Gasteiger partial charge in [0.1, 0.15) is 0 Å². The second kappa shape index (κ2) is 6.39. The molecular formula is C15H20BrNO3. The minimum absolute atomic E-state index is 0.0334. The van der Waals surface area contributed by atoms with Crippen molar-refractivity contribution in [2.24, 2.45) is 0 Å². The average Bonchev–Trinajstić information content (AvgIpc) is 2.30. The molecule has 0 saturated heterocycles. The van der Waals surface area contributed by atoms with Crippen LogP contribution in [0.15, 0.2) is 16.6 Å². The predicted octanol–water partition coefficient (Wildman–Crippen LogP) is 3.44. The molecule has 0 heterocycles. The van der Waals surface area contributed by atoms with Gasteiger partial charge in [0, 0.05) is 22.0 Å². The zero-order valence-electron chi connectivity index (χ0n) is 12.2. The molecule has 0 radical (unpaired) electrons. The first kappa shape index (κ1) is 16.7. The Labute approximate surface area is 127 Å². The molecule has 0 unspecified atom stereocenters. The molecule has 5 heteroatoms. The summed E-state index contributed by atoms with van der Waals surface area (Å²) >= 11 is 3.43. The molecule has 2 N–H and O–H groups in total. The third kappa shape index (κ3) is 4.63. The summed E-state index contributed by atoms with van der Waals surface area (Å²) in [6.45, 7) is 7.46. The summed E-state index contributed by atoms with van der Waals surface area (Å²) in [6.07, 6.45) is 0.425. The molecule has 0 atom stereocenters. The van der Waals surface area contributed by atoms with E-state index in [2.05, 4.69) is 21.2 Å². The molecule has 0 bridgehead atoms. The zero-order valence-corrected chi connectivity index (χ0v) is 13.8. The first-order chi connectivity index (χ1) is 9.12. The van der Waals surface area contributed by atoms with Crippen LogP contribution in [0.2, 0.25) is 0 Å². The van der Waals surface area contributed by atoms with Crippen molar-refractivity contribution in [1.29, 1.82) is 0 Å². The number of hydrogen-bond acceptors (Lipinski definition) is 2. The van der Waals surface area contributed by atoms with Gasteiger partial charge in [0.15, 0.2) is 0 Å². The number of nitrogens with one attached hydrogen (secondary N) is 1. The third-order valence-electron chi connectivity index (χ3n) is 3.17. The number of halogens is 1. The highest BCUT2D eigenvalue weighted by atomic mass is 79.9. The number of hydrogen-bond donors (Lipinski definition) is 2. The Kier molecular flexibility index (Phi) is 5.34. The van der Waals surface area contributed by atoms with Gasteiger partial charge in [-0.25, -0.2) is 0 Å². The molecular weight excluding hydrogens is 322 g/mol. The van der Waals surface area contributed by atoms with Crippen molar-refractivity contribution in [3.05, 3.63) is 33.3 Å². The lowest BCUT2D eigenvalue weighted by Gasteiger charge is -2.26. The van der Waals surface area contributed by atoms with E-state index < -0.39 is 11.5 Å². The van der Waals surface area contributed by atoms with E-state index in [1.165, 1.54) is 0 Å². The molecule has 20 heavy (non-hydrogen) atoms. The number of aliphatic carboxylic acids is 1. The van der Waals surface area contributed by atoms with Crippen molar-refractivity contribution in [2.45, 2.75) is 46.1 Å². The summed E-state index contributed by atoms with van der Waals surface area (Å²) in [4.78, 5) is 22.9. The largest absolute Gasteiger partial charge is 0.481 e. The molecule has 0 fully saturated rings. The molecule has 1 rings (SSSR count). The summed E-state index contributed by atoms with van der Waals surface area (Å²) in [6, 6.07) is 3.75. The van der Waals surface area contributed by atoms with Gasteiger partial charge >= 0.3 is 5.97 Å². The molecule has 0 spiro atoms. The maximum Gasteiger partial charge on any atom is 0.303 e. The van der Waals surface area contributed by atoms with Crippen LogP contribution in [0.3, 0.4) is 0 Å². The Morgan fingerprint density at radius 1 is 1.25 bits per heavy atom. The van der Waals surface area contributed by atoms with Gasteiger partial charge in [0.25, 0.3) is 5.91 Å². The van der Waals surface area contributed by atoms with Gasteiger partial charge in [-0.3, -0.25) is 9.59 Å². The van der Waals surface area contributed by atoms with E-state index in [-0.39, 0.29) is 12.3 Å². The number of carboxylic acids is 1. The maximum atomic E-state index is 12.3. The summed E-state index contributed by atoms with van der Waals surface area (Å²) in [5, 5.41) is 11.6. The number of carbonyl (C=O) groups excluding carboxylic acids is 1. The fourth-order valence-corrected chi connectivity index (χ4v) is 2.34. The molecule has 1 aromatic rings. The minimum Gasteiger partial charge on any atom is -0.481 e. The minimum atomic E-state index is -0.858. The van der Waals surface area contributed by atoms with E-state index in [1.54, 1.807) is 0 Å². The zero-order chi connectivity index (χ0) is 15.5. The summed E-state index contributed by atoms with van der Waals surface area (Å²) in [5.74, 6) is -1.03. The molecule has 0 aliphatic rings. The van der Waals surface area contributed by atoms with Crippen LogP contribution in [0.5, 0.6) is 0 Å². The third-order valence-corrected chi connectivity index (χ3v) is 4.02. The topological polar surface area (TPSA) is 66.4 Å². The Morgan fingerprint density at radius 2 is 1.85 bits per heavy atom. The van der Waals surface area contributed by atoms with Gasteiger partial charge in [0.2, 0.25) is 0 Å². The second-order valence-corrected chi connectivity index (χ2v) is 6.50. The van der Waals surface area contributed by atoms with Crippen molar-refractivity contribution in [2.75, 3.05) is 0 Å². The fraction of sp³-hybridized carbons (Fsp3) is 0.467. The Balaban J connectivity index is 2.86. The van der Waals surface area contributed by atoms with Crippen LogP contribution >= 0.6 is 15.9 Å². The summed E-state index contributed by atoms with van der Waals surface area (Å²) < 4.78 is 0.969. The highest BCUT2D eigenvalue weighted by molar-refractivity contribution is 9.10. The number of aryl methyl sites for hydroxylation is 2. The molecule has 1 amide bonds. The van der Waals surface area contributed by atoms with Crippen LogP contribution in [0.25, 0.3) is 0 Å². The standard InChI is InChI=1S/C15H20BrNO3/c1-9-8-12(16)10(2)7-11(9)14(20)17-15(3,4)6-5-13(18)19/h7-8H,5-6H2,1-4H3,(H,17,20)(H,18,19). The van der Waals surface area contributed by atoms with Crippen molar-refractivity contribution in [3.63, 3.8) is 0 Å². The van der Waals surface area contributed by atoms with Crippen molar-refractivity contribution >= 4 is 27.8 Å². The van der Waals surface area contributed by atoms with Crippen LogP contribution in [-0.4, -0.2) is 22.5 Å². The van der Waals surface area contributed by atoms with E-state index in [4.69, 9.17) is 5.11 Å². The van der Waals surface area contributed by atoms with Gasteiger partial charge in [-0.15, -0.1) is 0 Å². The van der Waals surface area contributed by atoms with Crippen molar-refractivity contribution in [1.82, 2.24) is 5.32 Å². The van der Waals surface area contributed by atoms with Crippen LogP contribution in [-0.2, 0) is 4.79 Å². The van der Waals surface area contributed by atoms with Crippen LogP contribution in [0.1, 0.15) is 48.2 Å². The van der Waals surface area contributed by atoms with E-state index in [9.17, 15) is 9.59 Å². The Bertz CT molecular complexity index is 538. The molecule has 0 aromatic heterocycles. The number of carbonyl (C=O) groups is 2. The van der Waals surface area contributed by atoms with E-state index in [1.807, 2.05) is 39.8 Å². The summed E-state index contributed by atoms with van der Waals surface area (Å²) in [7, 11) is 0. The average molecular weight is 342 g/mol. The normalized spacial score (nSPS) is 11.2. The van der Waals surface area contributed by atoms with Gasteiger partial charge in [-0.2, -0.15) is 0 Å². The first-order valence-corrected chi connectivity index (χ1v) is 7.23. The van der Waals surface area contributed by atoms with Crippen molar-refractivity contribution in [3.8, 4) is 0 Å². The summed E-state index contributed by atoms with van der Waals surface area (Å²) in [5.41, 5.74) is 1.94. The van der Waals surface area contributed by atoms with Crippen molar-refractivity contribution < 1.29 is 14.7 Å². The van der Waals surface area contributed by atoms with Gasteiger partial charge < -0.3 is 10.4 Å². The quantitative estimate of drug-likeness (QED) is 0.861. The smallest absolute Gasteiger partial charge is 0.303 e. The molecule has 0 aliphatic carbocycles. The lowest BCUT2D eigenvalue weighted by atomic mass is 9.97.